The van der Waals surface area contributed by atoms with E-state index in [0.717, 1.165) is 51.4 Å². The molecule has 4 saturated carbocycles. The first-order valence-corrected chi connectivity index (χ1v) is 10.4. The van der Waals surface area contributed by atoms with Crippen LogP contribution in [0, 0.1) is 34.5 Å². The van der Waals surface area contributed by atoms with Gasteiger partial charge in [0.15, 0.2) is 0 Å². The largest absolute Gasteiger partial charge is 0.300 e. The Bertz CT molecular complexity index is 633. The molecule has 0 saturated heterocycles. The van der Waals surface area contributed by atoms with Crippen LogP contribution in [-0.2, 0) is 14.4 Å². The normalized spacial score (nSPS) is 44.8. The number of hydrazine groups is 1. The quantitative estimate of drug-likeness (QED) is 0.759. The molecule has 144 valence electrons. The summed E-state index contributed by atoms with van der Waals surface area (Å²) in [6, 6.07) is 0. The van der Waals surface area contributed by atoms with E-state index < -0.39 is 0 Å². The first-order chi connectivity index (χ1) is 12.4. The molecule has 0 aromatic rings. The summed E-state index contributed by atoms with van der Waals surface area (Å²) in [6.45, 7) is 4.49. The summed E-state index contributed by atoms with van der Waals surface area (Å²) in [7, 11) is 0. The highest BCUT2D eigenvalue weighted by Crippen LogP contribution is 2.65. The van der Waals surface area contributed by atoms with Gasteiger partial charge >= 0.3 is 0 Å². The summed E-state index contributed by atoms with van der Waals surface area (Å²) in [6.07, 6.45) is 8.58. The van der Waals surface area contributed by atoms with Crippen molar-refractivity contribution in [2.45, 2.75) is 71.6 Å². The van der Waals surface area contributed by atoms with Crippen LogP contribution >= 0.6 is 0 Å². The average molecular weight is 360 g/mol. The number of carbonyl (C=O) groups is 3. The Morgan fingerprint density at radius 3 is 2.65 bits per heavy atom. The fourth-order valence-electron chi connectivity index (χ4n) is 7.28. The van der Waals surface area contributed by atoms with Crippen LogP contribution in [0.15, 0.2) is 0 Å². The second kappa shape index (κ2) is 6.43. The van der Waals surface area contributed by atoms with Gasteiger partial charge in [0.25, 0.3) is 0 Å². The Labute approximate surface area is 156 Å². The van der Waals surface area contributed by atoms with Gasteiger partial charge in [-0.3, -0.25) is 19.8 Å². The molecule has 4 aliphatic carbocycles. The number of fused-ring (bicyclic) bond motifs is 5. The Morgan fingerprint density at radius 1 is 1.08 bits per heavy atom. The fourth-order valence-corrected chi connectivity index (χ4v) is 7.28. The summed E-state index contributed by atoms with van der Waals surface area (Å²) < 4.78 is 0. The molecule has 0 spiro atoms. The van der Waals surface area contributed by atoms with Gasteiger partial charge < -0.3 is 0 Å². The minimum absolute atomic E-state index is 0.114. The van der Waals surface area contributed by atoms with E-state index in [1.54, 1.807) is 0 Å². The molecule has 26 heavy (non-hydrogen) atoms. The van der Waals surface area contributed by atoms with Gasteiger partial charge in [-0.2, -0.15) is 0 Å². The van der Waals surface area contributed by atoms with Crippen LogP contribution < -0.4 is 10.9 Å². The van der Waals surface area contributed by atoms with Crippen molar-refractivity contribution in [1.82, 2.24) is 10.9 Å². The molecule has 0 aromatic carbocycles. The number of Topliss-reactive ketones (excluding diaryl/α,β-unsaturated/α-hetero) is 2. The van der Waals surface area contributed by atoms with Crippen molar-refractivity contribution in [1.29, 1.82) is 0 Å². The molecule has 2 N–H and O–H groups in total. The molecule has 1 unspecified atom stereocenters. The fraction of sp³-hybridized carbons (Fsp3) is 0.857. The minimum atomic E-state index is -0.294. The van der Waals surface area contributed by atoms with Gasteiger partial charge in [0, 0.05) is 38.1 Å². The maximum absolute atomic E-state index is 12.9. The number of carbonyl (C=O) groups excluding carboxylic acids is 3. The lowest BCUT2D eigenvalue weighted by molar-refractivity contribution is -0.146. The molecule has 4 rings (SSSR count). The number of rotatable bonds is 3. The first kappa shape index (κ1) is 18.1. The molecule has 0 bridgehead atoms. The molecular formula is C21H32N2O3. The molecule has 5 nitrogen and oxygen atoms in total. The van der Waals surface area contributed by atoms with Gasteiger partial charge in [-0.1, -0.05) is 6.92 Å². The van der Waals surface area contributed by atoms with E-state index in [9.17, 15) is 14.4 Å². The van der Waals surface area contributed by atoms with Gasteiger partial charge in [-0.25, -0.2) is 5.43 Å². The third kappa shape index (κ3) is 2.65. The highest BCUT2D eigenvalue weighted by molar-refractivity contribution is 5.88. The van der Waals surface area contributed by atoms with Crippen LogP contribution in [0.25, 0.3) is 0 Å². The SMILES string of the molecule is CC(=O)NNC[C@]12CC[C@H]3[C@@H](CCC4CC(=O)CC[C@@]43C)[C@@H]1CCC2=O. The van der Waals surface area contributed by atoms with Gasteiger partial charge in [0.2, 0.25) is 5.91 Å². The second-order valence-electron chi connectivity index (χ2n) is 9.59. The highest BCUT2D eigenvalue weighted by Gasteiger charge is 2.61. The minimum Gasteiger partial charge on any atom is -0.300 e. The predicted molar refractivity (Wildman–Crippen MR) is 97.9 cm³/mol. The maximum atomic E-state index is 12.9. The van der Waals surface area contributed by atoms with Crippen LogP contribution in [-0.4, -0.2) is 24.0 Å². The topological polar surface area (TPSA) is 75.3 Å². The summed E-state index contributed by atoms with van der Waals surface area (Å²) in [4.78, 5) is 36.1. The van der Waals surface area contributed by atoms with Crippen molar-refractivity contribution in [3.8, 4) is 0 Å². The van der Waals surface area contributed by atoms with Crippen molar-refractivity contribution >= 4 is 17.5 Å². The van der Waals surface area contributed by atoms with E-state index >= 15 is 0 Å². The molecule has 4 fully saturated rings. The van der Waals surface area contributed by atoms with Crippen LogP contribution in [0.4, 0.5) is 0 Å². The molecule has 0 aliphatic heterocycles. The second-order valence-corrected chi connectivity index (χ2v) is 9.59. The highest BCUT2D eigenvalue weighted by atomic mass is 16.2. The third-order valence-corrected chi connectivity index (χ3v) is 8.60. The predicted octanol–water partition coefficient (Wildman–Crippen LogP) is 2.79. The van der Waals surface area contributed by atoms with Crippen LogP contribution in [0.5, 0.6) is 0 Å². The first-order valence-electron chi connectivity index (χ1n) is 10.4. The molecule has 0 aromatic heterocycles. The van der Waals surface area contributed by atoms with E-state index in [1.807, 2.05) is 0 Å². The lowest BCUT2D eigenvalue weighted by Gasteiger charge is -2.59. The summed E-state index contributed by atoms with van der Waals surface area (Å²) in [5, 5.41) is 0. The van der Waals surface area contributed by atoms with Gasteiger partial charge in [-0.15, -0.1) is 0 Å². The molecule has 4 aliphatic rings. The monoisotopic (exact) mass is 360 g/mol. The van der Waals surface area contributed by atoms with Crippen molar-refractivity contribution in [3.05, 3.63) is 0 Å². The van der Waals surface area contributed by atoms with Gasteiger partial charge in [0.05, 0.1) is 0 Å². The molecule has 1 amide bonds. The van der Waals surface area contributed by atoms with E-state index in [0.29, 0.717) is 48.2 Å². The molecule has 0 radical (unpaired) electrons. The standard InChI is InChI=1S/C21H32N2O3/c1-13(24)23-22-12-21-10-8-17-16(18(21)5-6-19(21)26)4-3-14-11-15(25)7-9-20(14,17)2/h14,16-18,22H,3-12H2,1-2H3,(H,23,24)/t14?,16-,17+,18+,20+,21-/m1/s1. The summed E-state index contributed by atoms with van der Waals surface area (Å²) in [5.41, 5.74) is 5.70. The van der Waals surface area contributed by atoms with Crippen LogP contribution in [0.3, 0.4) is 0 Å². The van der Waals surface area contributed by atoms with Crippen LogP contribution in [0.2, 0.25) is 0 Å². The van der Waals surface area contributed by atoms with Crippen molar-refractivity contribution in [2.24, 2.45) is 34.5 Å². The maximum Gasteiger partial charge on any atom is 0.230 e. The van der Waals surface area contributed by atoms with Crippen molar-refractivity contribution < 1.29 is 14.4 Å². The zero-order chi connectivity index (χ0) is 18.5. The van der Waals surface area contributed by atoms with Crippen molar-refractivity contribution in [3.63, 3.8) is 0 Å². The Balaban J connectivity index is 1.56. The molecule has 6 atom stereocenters. The molecular weight excluding hydrogens is 328 g/mol. The van der Waals surface area contributed by atoms with Crippen molar-refractivity contribution in [2.75, 3.05) is 6.54 Å². The van der Waals surface area contributed by atoms with Gasteiger partial charge in [0.1, 0.15) is 11.6 Å². The lowest BCUT2D eigenvalue weighted by atomic mass is 9.45. The number of hydrogen-bond donors (Lipinski definition) is 2. The Kier molecular flexibility index (Phi) is 4.49. The number of nitrogens with one attached hydrogen (secondary N) is 2. The van der Waals surface area contributed by atoms with E-state index in [2.05, 4.69) is 17.8 Å². The zero-order valence-corrected chi connectivity index (χ0v) is 16.1. The average Bonchev–Trinajstić information content (AvgIpc) is 2.92. The van der Waals surface area contributed by atoms with E-state index in [4.69, 9.17) is 0 Å². The summed E-state index contributed by atoms with van der Waals surface area (Å²) in [5.74, 6) is 2.97. The Hall–Kier alpha value is -1.23. The number of hydrogen-bond acceptors (Lipinski definition) is 4. The molecule has 5 heteroatoms. The number of ketones is 2. The van der Waals surface area contributed by atoms with Crippen LogP contribution in [0.1, 0.15) is 71.6 Å². The van der Waals surface area contributed by atoms with E-state index in [1.165, 1.54) is 6.92 Å². The van der Waals surface area contributed by atoms with E-state index in [-0.39, 0.29) is 16.7 Å². The Morgan fingerprint density at radius 2 is 1.88 bits per heavy atom. The summed E-state index contributed by atoms with van der Waals surface area (Å²) >= 11 is 0. The number of amides is 1. The molecule has 0 heterocycles. The smallest absolute Gasteiger partial charge is 0.230 e. The van der Waals surface area contributed by atoms with Gasteiger partial charge in [-0.05, 0) is 67.6 Å². The lowest BCUT2D eigenvalue weighted by Crippen LogP contribution is -2.57. The zero-order valence-electron chi connectivity index (χ0n) is 16.1. The third-order valence-electron chi connectivity index (χ3n) is 8.60.